The van der Waals surface area contributed by atoms with E-state index in [0.717, 1.165) is 31.9 Å². The molecule has 184 valence electrons. The fourth-order valence-corrected chi connectivity index (χ4v) is 4.05. The van der Waals surface area contributed by atoms with Crippen LogP contribution in [0.5, 0.6) is 0 Å². The second kappa shape index (κ2) is 11.9. The summed E-state index contributed by atoms with van der Waals surface area (Å²) < 4.78 is 13.9. The first-order valence-corrected chi connectivity index (χ1v) is 11.4. The summed E-state index contributed by atoms with van der Waals surface area (Å²) in [6.07, 6.45) is 10.8. The van der Waals surface area contributed by atoms with Crippen LogP contribution in [0.2, 0.25) is 0 Å². The Morgan fingerprint density at radius 1 is 1.29 bits per heavy atom. The third kappa shape index (κ3) is 6.88. The molecule has 1 aliphatic rings. The van der Waals surface area contributed by atoms with Crippen molar-refractivity contribution in [3.05, 3.63) is 90.7 Å². The van der Waals surface area contributed by atoms with E-state index in [9.17, 15) is 14.0 Å². The number of hydrogen-bond acceptors (Lipinski definition) is 4. The van der Waals surface area contributed by atoms with Crippen LogP contribution >= 0.6 is 0 Å². The van der Waals surface area contributed by atoms with Gasteiger partial charge in [0.2, 0.25) is 5.91 Å². The molecular formula is C27H37FN4O2. The molecule has 0 saturated heterocycles. The molecule has 1 aliphatic carbocycles. The van der Waals surface area contributed by atoms with Crippen molar-refractivity contribution >= 4 is 23.2 Å². The van der Waals surface area contributed by atoms with Gasteiger partial charge in [0.1, 0.15) is 6.04 Å². The third-order valence-electron chi connectivity index (χ3n) is 5.84. The molecule has 2 amide bonds. The Balaban J connectivity index is 0.00000432. The van der Waals surface area contributed by atoms with Gasteiger partial charge in [0.05, 0.1) is 11.9 Å². The maximum absolute atomic E-state index is 13.9. The molecule has 1 heterocycles. The number of halogens is 1. The minimum atomic E-state index is -0.697. The number of allylic oxidation sites excluding steroid dienone is 3. The van der Waals surface area contributed by atoms with Gasteiger partial charge in [-0.15, -0.1) is 0 Å². The van der Waals surface area contributed by atoms with Gasteiger partial charge < -0.3 is 16.0 Å². The second-order valence-electron chi connectivity index (χ2n) is 8.56. The van der Waals surface area contributed by atoms with Gasteiger partial charge in [-0.05, 0) is 55.2 Å². The number of aromatic nitrogens is 1. The van der Waals surface area contributed by atoms with Gasteiger partial charge in [0.25, 0.3) is 5.91 Å². The molecule has 3 rings (SSSR count). The smallest absolute Gasteiger partial charge is 0.252 e. The van der Waals surface area contributed by atoms with E-state index < -0.39 is 11.9 Å². The van der Waals surface area contributed by atoms with Gasteiger partial charge in [0, 0.05) is 27.4 Å². The van der Waals surface area contributed by atoms with Crippen LogP contribution in [-0.4, -0.2) is 22.8 Å². The van der Waals surface area contributed by atoms with Crippen molar-refractivity contribution < 1.29 is 18.3 Å². The maximum Gasteiger partial charge on any atom is 0.252 e. The first-order valence-electron chi connectivity index (χ1n) is 11.4. The van der Waals surface area contributed by atoms with Crippen molar-refractivity contribution in [1.82, 2.24) is 15.6 Å². The molecule has 0 unspecified atom stereocenters. The van der Waals surface area contributed by atoms with E-state index in [4.69, 9.17) is 0 Å². The lowest BCUT2D eigenvalue weighted by Crippen LogP contribution is -2.47. The highest BCUT2D eigenvalue weighted by Crippen LogP contribution is 2.29. The van der Waals surface area contributed by atoms with Gasteiger partial charge in [-0.1, -0.05) is 51.0 Å². The second-order valence-corrected chi connectivity index (χ2v) is 8.56. The first kappa shape index (κ1) is 24.9. The van der Waals surface area contributed by atoms with Crippen molar-refractivity contribution in [3.8, 4) is 0 Å². The van der Waals surface area contributed by atoms with E-state index in [-0.39, 0.29) is 21.8 Å². The van der Waals surface area contributed by atoms with Crippen molar-refractivity contribution in [2.24, 2.45) is 5.92 Å². The van der Waals surface area contributed by atoms with E-state index >= 15 is 0 Å². The Morgan fingerprint density at radius 2 is 2.06 bits per heavy atom. The average Bonchev–Trinajstić information content (AvgIpc) is 3.33. The molecule has 0 bridgehead atoms. The molecular weight excluding hydrogens is 431 g/mol. The number of carbonyl (C=O) groups excluding carboxylic acids is 2. The summed E-state index contributed by atoms with van der Waals surface area (Å²) in [7, 11) is 0. The fourth-order valence-electron chi connectivity index (χ4n) is 4.05. The van der Waals surface area contributed by atoms with E-state index in [1.165, 1.54) is 12.3 Å². The molecule has 7 heteroatoms. The Bertz CT molecular complexity index is 1100. The predicted molar refractivity (Wildman–Crippen MR) is 139 cm³/mol. The van der Waals surface area contributed by atoms with Crippen molar-refractivity contribution in [2.75, 3.05) is 5.32 Å². The zero-order valence-electron chi connectivity index (χ0n) is 19.4. The van der Waals surface area contributed by atoms with Crippen LogP contribution in [0.1, 0.15) is 53.7 Å². The summed E-state index contributed by atoms with van der Waals surface area (Å²) >= 11 is 0. The number of rotatable bonds is 10. The molecule has 34 heavy (non-hydrogen) atoms. The van der Waals surface area contributed by atoms with Crippen LogP contribution in [0, 0.1) is 11.7 Å². The standard InChI is InChI=1S/C27H31FN4O2.3H2/c1-4-8-23(18(2)3)31-27(34)25(15-19-9-5-6-10-19)32-26(33)20-11-7-12-21(16-20)30-24-13-14-29-17-22(24)28;;;/h4,7-8,11-14,16-17,19,25H,1-2,5-6,9-10,15H2,3H3,(H,29,30)(H,31,34)(H,32,33);3*1H/b23-8+;;;/t25-;;;/m1.../s1. The molecule has 1 aromatic carbocycles. The largest absolute Gasteiger partial charge is 0.353 e. The van der Waals surface area contributed by atoms with Gasteiger partial charge in [-0.25, -0.2) is 4.39 Å². The quantitative estimate of drug-likeness (QED) is 0.366. The molecule has 2 aromatic rings. The SMILES string of the molecule is C=C/C=C(/NC(=O)[C@@H](CC1CCCC1)NC(=O)c1cccc(Nc2ccncc2F)c1)C(=C)C.[HH].[HH].[HH]. The number of hydrogen-bond donors (Lipinski definition) is 3. The number of nitrogens with one attached hydrogen (secondary N) is 3. The summed E-state index contributed by atoms with van der Waals surface area (Å²) in [6.45, 7) is 9.37. The summed E-state index contributed by atoms with van der Waals surface area (Å²) in [6, 6.07) is 7.53. The Labute approximate surface area is 204 Å². The summed E-state index contributed by atoms with van der Waals surface area (Å²) in [5, 5.41) is 8.73. The molecule has 1 atom stereocenters. The van der Waals surface area contributed by atoms with E-state index in [2.05, 4.69) is 34.1 Å². The third-order valence-corrected chi connectivity index (χ3v) is 5.84. The average molecular weight is 469 g/mol. The molecule has 1 saturated carbocycles. The molecule has 1 aromatic heterocycles. The van der Waals surface area contributed by atoms with E-state index in [1.807, 2.05) is 0 Å². The lowest BCUT2D eigenvalue weighted by atomic mass is 9.97. The molecule has 0 aliphatic heterocycles. The Hall–Kier alpha value is -3.74. The molecule has 6 nitrogen and oxygen atoms in total. The normalized spacial score (nSPS) is 14.8. The van der Waals surface area contributed by atoms with Crippen LogP contribution < -0.4 is 16.0 Å². The number of carbonyl (C=O) groups is 2. The molecule has 1 fully saturated rings. The zero-order chi connectivity index (χ0) is 24.5. The molecule has 0 radical (unpaired) electrons. The lowest BCUT2D eigenvalue weighted by Gasteiger charge is -2.22. The monoisotopic (exact) mass is 468 g/mol. The fraction of sp³-hybridized carbons (Fsp3) is 0.296. The molecule has 0 spiro atoms. The number of benzene rings is 1. The minimum Gasteiger partial charge on any atom is -0.353 e. The topological polar surface area (TPSA) is 83.1 Å². The number of amides is 2. The van der Waals surface area contributed by atoms with Gasteiger partial charge >= 0.3 is 0 Å². The van der Waals surface area contributed by atoms with Crippen molar-refractivity contribution in [3.63, 3.8) is 0 Å². The highest BCUT2D eigenvalue weighted by molar-refractivity contribution is 5.98. The minimum absolute atomic E-state index is 0. The number of pyridine rings is 1. The summed E-state index contributed by atoms with van der Waals surface area (Å²) in [4.78, 5) is 30.0. The summed E-state index contributed by atoms with van der Waals surface area (Å²) in [5.41, 5.74) is 2.43. The number of anilines is 2. The first-order chi connectivity index (χ1) is 16.4. The van der Waals surface area contributed by atoms with Crippen molar-refractivity contribution in [2.45, 2.75) is 45.1 Å². The van der Waals surface area contributed by atoms with Gasteiger partial charge in [-0.2, -0.15) is 0 Å². The van der Waals surface area contributed by atoms with Crippen LogP contribution in [-0.2, 0) is 4.79 Å². The van der Waals surface area contributed by atoms with Crippen LogP contribution in [0.25, 0.3) is 0 Å². The number of nitrogens with zero attached hydrogens (tertiary/aromatic N) is 1. The van der Waals surface area contributed by atoms with Gasteiger partial charge in [-0.3, -0.25) is 14.6 Å². The zero-order valence-corrected chi connectivity index (χ0v) is 19.4. The summed E-state index contributed by atoms with van der Waals surface area (Å²) in [5.74, 6) is -0.770. The van der Waals surface area contributed by atoms with E-state index in [1.54, 1.807) is 43.3 Å². The Kier molecular flexibility index (Phi) is 8.73. The van der Waals surface area contributed by atoms with Gasteiger partial charge in [0.15, 0.2) is 5.82 Å². The molecule has 3 N–H and O–H groups in total. The van der Waals surface area contributed by atoms with Crippen LogP contribution in [0.15, 0.2) is 79.3 Å². The van der Waals surface area contributed by atoms with Crippen LogP contribution in [0.3, 0.4) is 0 Å². The maximum atomic E-state index is 13.9. The van der Waals surface area contributed by atoms with E-state index in [0.29, 0.717) is 34.9 Å². The predicted octanol–water partition coefficient (Wildman–Crippen LogP) is 6.14. The lowest BCUT2D eigenvalue weighted by molar-refractivity contribution is -0.122. The van der Waals surface area contributed by atoms with Crippen molar-refractivity contribution in [1.29, 1.82) is 0 Å². The highest BCUT2D eigenvalue weighted by atomic mass is 19.1. The Morgan fingerprint density at radius 3 is 2.74 bits per heavy atom. The highest BCUT2D eigenvalue weighted by Gasteiger charge is 2.27. The van der Waals surface area contributed by atoms with Crippen LogP contribution in [0.4, 0.5) is 15.8 Å².